The van der Waals surface area contributed by atoms with E-state index in [-0.39, 0.29) is 12.4 Å². The van der Waals surface area contributed by atoms with E-state index in [1.165, 1.54) is 6.07 Å². The summed E-state index contributed by atoms with van der Waals surface area (Å²) in [5.41, 5.74) is 3.05. The summed E-state index contributed by atoms with van der Waals surface area (Å²) in [5, 5.41) is 0. The van der Waals surface area contributed by atoms with Gasteiger partial charge in [-0.3, -0.25) is 0 Å². The molecule has 0 fully saturated rings. The number of rotatable bonds is 5. The van der Waals surface area contributed by atoms with Crippen molar-refractivity contribution in [3.8, 4) is 11.4 Å². The van der Waals surface area contributed by atoms with Gasteiger partial charge in [0.05, 0.1) is 24.2 Å². The van der Waals surface area contributed by atoms with Gasteiger partial charge in [-0.1, -0.05) is 30.3 Å². The largest absolute Gasteiger partial charge is 0.373 e. The normalized spacial score (nSPS) is 10.9. The molecule has 0 aliphatic carbocycles. The van der Waals surface area contributed by atoms with E-state index in [2.05, 4.69) is 16.5 Å². The molecule has 1 aromatic heterocycles. The van der Waals surface area contributed by atoms with Crippen LogP contribution < -0.4 is 0 Å². The van der Waals surface area contributed by atoms with Gasteiger partial charge in [-0.05, 0) is 18.2 Å². The van der Waals surface area contributed by atoms with Crippen LogP contribution in [0, 0.1) is 5.82 Å². The number of hydrogen-bond acceptors (Lipinski definition) is 2. The first-order chi connectivity index (χ1) is 10.3. The minimum absolute atomic E-state index is 0.234. The second-order valence-electron chi connectivity index (χ2n) is 4.71. The summed E-state index contributed by atoms with van der Waals surface area (Å²) in [6, 6.07) is 12.8. The molecule has 0 saturated carbocycles. The average molecular weight is 282 g/mol. The van der Waals surface area contributed by atoms with E-state index < -0.39 is 0 Å². The molecule has 3 aromatic rings. The van der Waals surface area contributed by atoms with Gasteiger partial charge in [0, 0.05) is 11.1 Å². The monoisotopic (exact) mass is 282 g/mol. The van der Waals surface area contributed by atoms with Crippen LogP contribution in [0.2, 0.25) is 0 Å². The Bertz CT molecular complexity index is 746. The molecule has 21 heavy (non-hydrogen) atoms. The van der Waals surface area contributed by atoms with Crippen molar-refractivity contribution in [2.45, 2.75) is 6.61 Å². The molecule has 1 N–H and O–H groups in total. The van der Waals surface area contributed by atoms with Crippen molar-refractivity contribution in [3.63, 3.8) is 0 Å². The van der Waals surface area contributed by atoms with E-state index in [1.54, 1.807) is 12.1 Å². The Morgan fingerprint density at radius 3 is 2.86 bits per heavy atom. The molecule has 3 nitrogen and oxygen atoms in total. The highest BCUT2D eigenvalue weighted by Gasteiger charge is 2.08. The molecule has 0 aliphatic rings. The maximum absolute atomic E-state index is 14.1. The number of nitrogens with one attached hydrogen (secondary N) is 1. The predicted octanol–water partition coefficient (Wildman–Crippen LogP) is 4.07. The minimum Gasteiger partial charge on any atom is -0.373 e. The lowest BCUT2D eigenvalue weighted by Gasteiger charge is -2.05. The summed E-state index contributed by atoms with van der Waals surface area (Å²) in [5.74, 6) is 0.366. The Morgan fingerprint density at radius 2 is 2.10 bits per heavy atom. The van der Waals surface area contributed by atoms with Crippen molar-refractivity contribution in [3.05, 3.63) is 66.5 Å². The Morgan fingerprint density at radius 1 is 1.24 bits per heavy atom. The van der Waals surface area contributed by atoms with Gasteiger partial charge >= 0.3 is 0 Å². The average Bonchev–Trinajstić information content (AvgIpc) is 2.93. The molecular formula is C17H15FN2O. The number of imidazole rings is 1. The second kappa shape index (κ2) is 5.89. The minimum atomic E-state index is -0.294. The van der Waals surface area contributed by atoms with Crippen LogP contribution in [-0.2, 0) is 11.3 Å². The zero-order chi connectivity index (χ0) is 14.7. The van der Waals surface area contributed by atoms with Crippen LogP contribution in [0.1, 0.15) is 5.56 Å². The van der Waals surface area contributed by atoms with Crippen LogP contribution in [-0.4, -0.2) is 16.6 Å². The first-order valence-electron chi connectivity index (χ1n) is 6.70. The quantitative estimate of drug-likeness (QED) is 0.566. The zero-order valence-electron chi connectivity index (χ0n) is 11.5. The molecular weight excluding hydrogens is 267 g/mol. The van der Waals surface area contributed by atoms with Crippen molar-refractivity contribution in [2.24, 2.45) is 0 Å². The molecule has 3 rings (SSSR count). The molecule has 0 saturated heterocycles. The third-order valence-corrected chi connectivity index (χ3v) is 3.21. The molecule has 106 valence electrons. The highest BCUT2D eigenvalue weighted by molar-refractivity contribution is 5.79. The van der Waals surface area contributed by atoms with E-state index in [0.29, 0.717) is 18.0 Å². The van der Waals surface area contributed by atoms with Gasteiger partial charge in [-0.2, -0.15) is 0 Å². The van der Waals surface area contributed by atoms with E-state index >= 15 is 0 Å². The summed E-state index contributed by atoms with van der Waals surface area (Å²) in [6.45, 7) is 4.20. The lowest BCUT2D eigenvalue weighted by molar-refractivity contribution is 0.146. The molecule has 0 unspecified atom stereocenters. The smallest absolute Gasteiger partial charge is 0.138 e. The van der Waals surface area contributed by atoms with Crippen LogP contribution >= 0.6 is 0 Å². The summed E-state index contributed by atoms with van der Waals surface area (Å²) in [6.07, 6.45) is 1.64. The number of nitrogens with zero attached hydrogens (tertiary/aromatic N) is 1. The number of ether oxygens (including phenoxy) is 1. The third-order valence-electron chi connectivity index (χ3n) is 3.21. The Kier molecular flexibility index (Phi) is 3.79. The maximum atomic E-state index is 14.1. The van der Waals surface area contributed by atoms with Crippen molar-refractivity contribution >= 4 is 11.0 Å². The molecule has 0 bridgehead atoms. The molecule has 0 spiro atoms. The van der Waals surface area contributed by atoms with E-state index in [4.69, 9.17) is 4.74 Å². The number of fused-ring (bicyclic) bond motifs is 1. The molecule has 4 heteroatoms. The molecule has 1 heterocycles. The highest BCUT2D eigenvalue weighted by Crippen LogP contribution is 2.22. The standard InChI is InChI=1S/C17H15FN2O/c1-2-9-21-11-13-8-7-12(10-14(13)18)17-19-15-5-3-4-6-16(15)20-17/h2-8,10H,1,9,11H2,(H,19,20). The first kappa shape index (κ1) is 13.5. The SMILES string of the molecule is C=CCOCc1ccc(-c2nc3ccccc3[nH]2)cc1F. The number of aromatic amines is 1. The van der Waals surface area contributed by atoms with Crippen molar-refractivity contribution < 1.29 is 9.13 Å². The Labute approximate surface area is 122 Å². The molecule has 0 radical (unpaired) electrons. The van der Waals surface area contributed by atoms with Gasteiger partial charge in [-0.25, -0.2) is 9.37 Å². The lowest BCUT2D eigenvalue weighted by atomic mass is 10.1. The summed E-state index contributed by atoms with van der Waals surface area (Å²) in [7, 11) is 0. The fourth-order valence-corrected chi connectivity index (χ4v) is 2.15. The van der Waals surface area contributed by atoms with Crippen LogP contribution in [0.25, 0.3) is 22.4 Å². The number of hydrogen-bond donors (Lipinski definition) is 1. The summed E-state index contributed by atoms with van der Waals surface area (Å²) in [4.78, 5) is 7.65. The van der Waals surface area contributed by atoms with Gasteiger partial charge in [-0.15, -0.1) is 6.58 Å². The number of para-hydroxylation sites is 2. The number of H-pyrrole nitrogens is 1. The second-order valence-corrected chi connectivity index (χ2v) is 4.71. The fraction of sp³-hybridized carbons (Fsp3) is 0.118. The summed E-state index contributed by atoms with van der Waals surface area (Å²) >= 11 is 0. The van der Waals surface area contributed by atoms with Gasteiger partial charge in [0.1, 0.15) is 11.6 Å². The molecule has 2 aromatic carbocycles. The zero-order valence-corrected chi connectivity index (χ0v) is 11.5. The van der Waals surface area contributed by atoms with Crippen LogP contribution in [0.5, 0.6) is 0 Å². The van der Waals surface area contributed by atoms with Gasteiger partial charge in [0.15, 0.2) is 0 Å². The van der Waals surface area contributed by atoms with Gasteiger partial charge < -0.3 is 9.72 Å². The van der Waals surface area contributed by atoms with Crippen molar-refractivity contribution in [1.29, 1.82) is 0 Å². The maximum Gasteiger partial charge on any atom is 0.138 e. The van der Waals surface area contributed by atoms with Crippen molar-refractivity contribution in [2.75, 3.05) is 6.61 Å². The van der Waals surface area contributed by atoms with Gasteiger partial charge in [0.25, 0.3) is 0 Å². The van der Waals surface area contributed by atoms with E-state index in [9.17, 15) is 4.39 Å². The lowest BCUT2D eigenvalue weighted by Crippen LogP contribution is -1.96. The summed E-state index contributed by atoms with van der Waals surface area (Å²) < 4.78 is 19.3. The van der Waals surface area contributed by atoms with Crippen LogP contribution in [0.4, 0.5) is 4.39 Å². The molecule has 0 amide bonds. The van der Waals surface area contributed by atoms with E-state index in [0.717, 1.165) is 16.6 Å². The predicted molar refractivity (Wildman–Crippen MR) is 81.3 cm³/mol. The fourth-order valence-electron chi connectivity index (χ4n) is 2.15. The van der Waals surface area contributed by atoms with Crippen molar-refractivity contribution in [1.82, 2.24) is 9.97 Å². The topological polar surface area (TPSA) is 37.9 Å². The third kappa shape index (κ3) is 2.85. The number of benzene rings is 2. The number of halogens is 1. The Hall–Kier alpha value is -2.46. The van der Waals surface area contributed by atoms with E-state index in [1.807, 2.05) is 30.3 Å². The first-order valence-corrected chi connectivity index (χ1v) is 6.70. The Balaban J connectivity index is 1.88. The van der Waals surface area contributed by atoms with Crippen LogP contribution in [0.3, 0.4) is 0 Å². The molecule has 0 atom stereocenters. The number of aromatic nitrogens is 2. The van der Waals surface area contributed by atoms with Gasteiger partial charge in [0.2, 0.25) is 0 Å². The highest BCUT2D eigenvalue weighted by atomic mass is 19.1. The molecule has 0 aliphatic heterocycles. The van der Waals surface area contributed by atoms with Crippen LogP contribution in [0.15, 0.2) is 55.1 Å².